The molecule has 0 radical (unpaired) electrons. The van der Waals surface area contributed by atoms with Gasteiger partial charge in [-0.05, 0) is 20.9 Å². The minimum Gasteiger partial charge on any atom is -0.394 e. The molecule has 0 spiro atoms. The van der Waals surface area contributed by atoms with Crippen molar-refractivity contribution in [1.29, 1.82) is 0 Å². The van der Waals surface area contributed by atoms with Crippen molar-refractivity contribution in [3.05, 3.63) is 0 Å². The molecular weight excluding hydrogens is 308 g/mol. The Kier molecular flexibility index (Phi) is 9.78. The maximum atomic E-state index is 12.1. The van der Waals surface area contributed by atoms with Gasteiger partial charge < -0.3 is 40.9 Å². The molecule has 0 bridgehead atoms. The number of aliphatic hydroxyl groups excluding tert-OH is 5. The van der Waals surface area contributed by atoms with E-state index in [9.17, 15) is 25.2 Å². The molecule has 5 atom stereocenters. The van der Waals surface area contributed by atoms with Crippen LogP contribution < -0.4 is 10.6 Å². The summed E-state index contributed by atoms with van der Waals surface area (Å²) in [7, 11) is 3.15. The summed E-state index contributed by atoms with van der Waals surface area (Å²) in [5.74, 6) is -0.402. The van der Waals surface area contributed by atoms with E-state index >= 15 is 0 Å². The average Bonchev–Trinajstić information content (AvgIpc) is 2.54. The van der Waals surface area contributed by atoms with Gasteiger partial charge >= 0.3 is 0 Å². The number of carbonyl (C=O) groups excluding carboxylic acids is 1. The van der Waals surface area contributed by atoms with Gasteiger partial charge in [0.1, 0.15) is 18.3 Å². The van der Waals surface area contributed by atoms with E-state index < -0.39 is 48.6 Å². The van der Waals surface area contributed by atoms with E-state index in [0.717, 1.165) is 0 Å². The van der Waals surface area contributed by atoms with E-state index in [4.69, 9.17) is 9.84 Å². The Balaban J connectivity index is 4.50. The Bertz CT molecular complexity index is 354. The number of likely N-dealkylation sites (N-methyl/N-ethyl adjacent to an activating group) is 1. The van der Waals surface area contributed by atoms with Crippen molar-refractivity contribution in [2.45, 2.75) is 56.3 Å². The second-order valence-electron chi connectivity index (χ2n) is 6.05. The lowest BCUT2D eigenvalue weighted by Crippen LogP contribution is -2.52. The molecule has 0 aromatic rings. The molecule has 0 saturated heterocycles. The zero-order chi connectivity index (χ0) is 18.2. The van der Waals surface area contributed by atoms with Gasteiger partial charge in [0.15, 0.2) is 0 Å². The normalized spacial score (nSPS) is 18.8. The number of ether oxygens (including phenoxy) is 1. The number of rotatable bonds is 11. The van der Waals surface area contributed by atoms with Crippen LogP contribution in [0, 0.1) is 0 Å². The SMILES string of the molecule is CNC(CC(C)(C)OC)C(=O)NCC(O)C(O)C(O)C(O)CO. The number of carbonyl (C=O) groups is 1. The van der Waals surface area contributed by atoms with E-state index in [0.29, 0.717) is 6.42 Å². The van der Waals surface area contributed by atoms with Crippen LogP contribution in [-0.2, 0) is 9.53 Å². The maximum absolute atomic E-state index is 12.1. The van der Waals surface area contributed by atoms with Crippen LogP contribution in [-0.4, -0.2) is 94.8 Å². The van der Waals surface area contributed by atoms with Gasteiger partial charge in [0.2, 0.25) is 5.91 Å². The zero-order valence-electron chi connectivity index (χ0n) is 14.1. The lowest BCUT2D eigenvalue weighted by atomic mass is 9.98. The van der Waals surface area contributed by atoms with Crippen molar-refractivity contribution in [3.63, 3.8) is 0 Å². The number of amides is 1. The van der Waals surface area contributed by atoms with Crippen molar-refractivity contribution in [1.82, 2.24) is 10.6 Å². The van der Waals surface area contributed by atoms with Crippen LogP contribution in [0.25, 0.3) is 0 Å². The molecule has 138 valence electrons. The molecule has 0 heterocycles. The smallest absolute Gasteiger partial charge is 0.237 e. The summed E-state index contributed by atoms with van der Waals surface area (Å²) in [6.07, 6.45) is -6.12. The topological polar surface area (TPSA) is 152 Å². The van der Waals surface area contributed by atoms with Crippen LogP contribution in [0.1, 0.15) is 20.3 Å². The first-order valence-corrected chi connectivity index (χ1v) is 7.42. The fourth-order valence-electron chi connectivity index (χ4n) is 1.91. The van der Waals surface area contributed by atoms with E-state index in [1.165, 1.54) is 0 Å². The van der Waals surface area contributed by atoms with E-state index in [2.05, 4.69) is 10.6 Å². The highest BCUT2D eigenvalue weighted by molar-refractivity contribution is 5.81. The van der Waals surface area contributed by atoms with Gasteiger partial charge in [-0.1, -0.05) is 0 Å². The van der Waals surface area contributed by atoms with Crippen molar-refractivity contribution >= 4 is 5.91 Å². The first-order valence-electron chi connectivity index (χ1n) is 7.42. The van der Waals surface area contributed by atoms with E-state index in [1.54, 1.807) is 14.2 Å². The molecule has 0 aromatic carbocycles. The van der Waals surface area contributed by atoms with Crippen LogP contribution in [0.2, 0.25) is 0 Å². The third kappa shape index (κ3) is 7.53. The highest BCUT2D eigenvalue weighted by atomic mass is 16.5. The van der Waals surface area contributed by atoms with Gasteiger partial charge in [-0.15, -0.1) is 0 Å². The second-order valence-corrected chi connectivity index (χ2v) is 6.05. The van der Waals surface area contributed by atoms with Gasteiger partial charge in [0, 0.05) is 20.1 Å². The summed E-state index contributed by atoms with van der Waals surface area (Å²) < 4.78 is 5.26. The zero-order valence-corrected chi connectivity index (χ0v) is 14.1. The largest absolute Gasteiger partial charge is 0.394 e. The lowest BCUT2D eigenvalue weighted by Gasteiger charge is -2.29. The molecular formula is C14H30N2O7. The molecule has 23 heavy (non-hydrogen) atoms. The number of methoxy groups -OCH3 is 1. The first-order chi connectivity index (χ1) is 10.6. The summed E-state index contributed by atoms with van der Waals surface area (Å²) in [5, 5.41) is 52.1. The molecule has 0 aromatic heterocycles. The van der Waals surface area contributed by atoms with Gasteiger partial charge in [-0.2, -0.15) is 0 Å². The Labute approximate surface area is 136 Å². The Morgan fingerprint density at radius 1 is 1.13 bits per heavy atom. The Morgan fingerprint density at radius 3 is 2.09 bits per heavy atom. The molecule has 7 N–H and O–H groups in total. The minimum atomic E-state index is -1.72. The summed E-state index contributed by atoms with van der Waals surface area (Å²) >= 11 is 0. The molecule has 0 aliphatic carbocycles. The van der Waals surface area contributed by atoms with Crippen molar-refractivity contribution in [2.75, 3.05) is 27.3 Å². The standard InChI is InChI=1S/C14H30N2O7/c1-14(2,23-4)5-8(15-3)13(22)16-6-9(18)11(20)12(21)10(19)7-17/h8-12,15,17-21H,5-7H2,1-4H3,(H,16,22). The minimum absolute atomic E-state index is 0.319. The average molecular weight is 338 g/mol. The fourth-order valence-corrected chi connectivity index (χ4v) is 1.91. The predicted molar refractivity (Wildman–Crippen MR) is 82.7 cm³/mol. The quantitative estimate of drug-likeness (QED) is 0.210. The molecule has 1 amide bonds. The second kappa shape index (κ2) is 10.1. The predicted octanol–water partition coefficient (Wildman–Crippen LogP) is -3.06. The maximum Gasteiger partial charge on any atom is 0.237 e. The summed E-state index contributed by atoms with van der Waals surface area (Å²) in [6, 6.07) is -0.567. The molecule has 0 aliphatic heterocycles. The summed E-state index contributed by atoms with van der Waals surface area (Å²) in [4.78, 5) is 12.1. The Morgan fingerprint density at radius 2 is 1.65 bits per heavy atom. The first kappa shape index (κ1) is 22.2. The number of hydrogen-bond donors (Lipinski definition) is 7. The van der Waals surface area contributed by atoms with E-state index in [-0.39, 0.29) is 6.54 Å². The fraction of sp³-hybridized carbons (Fsp3) is 0.929. The molecule has 5 unspecified atom stereocenters. The lowest BCUT2D eigenvalue weighted by molar-refractivity contribution is -0.129. The molecule has 0 fully saturated rings. The summed E-state index contributed by atoms with van der Waals surface area (Å²) in [6.45, 7) is 2.58. The third-order valence-electron chi connectivity index (χ3n) is 3.72. The molecule has 0 saturated carbocycles. The third-order valence-corrected chi connectivity index (χ3v) is 3.72. The van der Waals surface area contributed by atoms with E-state index in [1.807, 2.05) is 13.8 Å². The molecule has 9 nitrogen and oxygen atoms in total. The van der Waals surface area contributed by atoms with Crippen molar-refractivity contribution in [3.8, 4) is 0 Å². The molecule has 0 rings (SSSR count). The van der Waals surface area contributed by atoms with Crippen LogP contribution in [0.5, 0.6) is 0 Å². The van der Waals surface area contributed by atoms with Crippen molar-refractivity contribution in [2.24, 2.45) is 0 Å². The van der Waals surface area contributed by atoms with Crippen molar-refractivity contribution < 1.29 is 35.1 Å². The van der Waals surface area contributed by atoms with Crippen LogP contribution in [0.4, 0.5) is 0 Å². The van der Waals surface area contributed by atoms with Gasteiger partial charge in [0.25, 0.3) is 0 Å². The van der Waals surface area contributed by atoms with Crippen LogP contribution in [0.15, 0.2) is 0 Å². The highest BCUT2D eigenvalue weighted by Crippen LogP contribution is 2.15. The molecule has 0 aliphatic rings. The monoisotopic (exact) mass is 338 g/mol. The highest BCUT2D eigenvalue weighted by Gasteiger charge is 2.31. The van der Waals surface area contributed by atoms with Gasteiger partial charge in [-0.25, -0.2) is 0 Å². The number of aliphatic hydroxyl groups is 5. The van der Waals surface area contributed by atoms with Gasteiger partial charge in [0.05, 0.1) is 24.4 Å². The summed E-state index contributed by atoms with van der Waals surface area (Å²) in [5.41, 5.74) is -0.523. The Hall–Kier alpha value is -0.810. The number of hydrogen-bond acceptors (Lipinski definition) is 8. The van der Waals surface area contributed by atoms with Crippen LogP contribution in [0.3, 0.4) is 0 Å². The number of nitrogens with one attached hydrogen (secondary N) is 2. The van der Waals surface area contributed by atoms with Crippen LogP contribution >= 0.6 is 0 Å². The molecule has 9 heteroatoms. The van der Waals surface area contributed by atoms with Gasteiger partial charge in [-0.3, -0.25) is 4.79 Å².